The van der Waals surface area contributed by atoms with Gasteiger partial charge in [0.05, 0.1) is 5.69 Å². The number of hydrogen-bond acceptors (Lipinski definition) is 5. The monoisotopic (exact) mass is 402 g/mol. The third-order valence-electron chi connectivity index (χ3n) is 4.74. The van der Waals surface area contributed by atoms with Crippen LogP contribution in [-0.4, -0.2) is 19.6 Å². The summed E-state index contributed by atoms with van der Waals surface area (Å²) >= 11 is 5.93. The molecular formula is C22H15ClN4O2. The Hall–Kier alpha value is -3.53. The normalized spacial score (nSPS) is 11.9. The van der Waals surface area contributed by atoms with Crippen LogP contribution in [0.25, 0.3) is 22.3 Å². The maximum absolute atomic E-state index is 12.4. The molecular weight excluding hydrogens is 388 g/mol. The third-order valence-corrected chi connectivity index (χ3v) is 4.99. The molecule has 0 radical (unpaired) electrons. The first kappa shape index (κ1) is 18.8. The molecule has 6 nitrogen and oxygen atoms in total. The zero-order chi connectivity index (χ0) is 20.5. The number of aliphatic hydroxyl groups is 1. The van der Waals surface area contributed by atoms with Gasteiger partial charge in [0, 0.05) is 40.8 Å². The van der Waals surface area contributed by atoms with E-state index in [-0.39, 0.29) is 11.3 Å². The molecule has 1 aromatic carbocycles. The molecule has 0 aliphatic heterocycles. The van der Waals surface area contributed by atoms with Gasteiger partial charge in [-0.1, -0.05) is 29.8 Å². The largest absolute Gasteiger partial charge is 0.384 e. The lowest BCUT2D eigenvalue weighted by Crippen LogP contribution is -2.17. The fourth-order valence-corrected chi connectivity index (χ4v) is 3.31. The van der Waals surface area contributed by atoms with Crippen molar-refractivity contribution >= 4 is 22.6 Å². The maximum atomic E-state index is 12.4. The summed E-state index contributed by atoms with van der Waals surface area (Å²) in [6.45, 7) is 0. The average Bonchev–Trinajstić information content (AvgIpc) is 2.76. The van der Waals surface area contributed by atoms with Crippen LogP contribution in [-0.2, 0) is 7.05 Å². The third kappa shape index (κ3) is 3.49. The van der Waals surface area contributed by atoms with E-state index in [0.29, 0.717) is 38.4 Å². The van der Waals surface area contributed by atoms with Gasteiger partial charge in [-0.2, -0.15) is 5.26 Å². The van der Waals surface area contributed by atoms with Crippen molar-refractivity contribution in [2.24, 2.45) is 7.05 Å². The van der Waals surface area contributed by atoms with Crippen molar-refractivity contribution in [2.75, 3.05) is 0 Å². The summed E-state index contributed by atoms with van der Waals surface area (Å²) in [6, 6.07) is 17.2. The summed E-state index contributed by atoms with van der Waals surface area (Å²) in [6.07, 6.45) is 0.636. The molecule has 0 saturated carbocycles. The number of aromatic nitrogens is 3. The fraction of sp³-hybridized carbons (Fsp3) is 0.0909. The van der Waals surface area contributed by atoms with Gasteiger partial charge in [-0.05, 0) is 35.9 Å². The Balaban J connectivity index is 1.93. The molecule has 0 aliphatic rings. The number of hydrogen-bond donors (Lipinski definition) is 1. The van der Waals surface area contributed by atoms with Crippen molar-refractivity contribution in [3.05, 3.63) is 93.0 Å². The van der Waals surface area contributed by atoms with Crippen molar-refractivity contribution in [3.63, 3.8) is 0 Å². The van der Waals surface area contributed by atoms with Crippen molar-refractivity contribution < 1.29 is 5.11 Å². The van der Waals surface area contributed by atoms with Gasteiger partial charge in [-0.15, -0.1) is 0 Å². The van der Waals surface area contributed by atoms with E-state index in [4.69, 9.17) is 16.9 Å². The molecule has 1 atom stereocenters. The molecule has 0 aliphatic carbocycles. The number of aryl methyl sites for hydroxylation is 1. The predicted octanol–water partition coefficient (Wildman–Crippen LogP) is 3.60. The number of nitrogens with zero attached hydrogens (tertiary/aromatic N) is 4. The van der Waals surface area contributed by atoms with Crippen LogP contribution in [0.4, 0.5) is 0 Å². The van der Waals surface area contributed by atoms with Gasteiger partial charge in [0.2, 0.25) is 0 Å². The molecule has 3 heterocycles. The van der Waals surface area contributed by atoms with Crippen LogP contribution in [0, 0.1) is 11.3 Å². The van der Waals surface area contributed by atoms with Gasteiger partial charge in [-0.25, -0.2) is 9.97 Å². The lowest BCUT2D eigenvalue weighted by molar-refractivity contribution is 0.220. The molecule has 0 fully saturated rings. The number of benzene rings is 1. The molecule has 29 heavy (non-hydrogen) atoms. The van der Waals surface area contributed by atoms with Crippen LogP contribution in [0.2, 0.25) is 5.02 Å². The highest BCUT2D eigenvalue weighted by molar-refractivity contribution is 6.30. The molecule has 0 amide bonds. The molecule has 7 heteroatoms. The minimum Gasteiger partial charge on any atom is -0.384 e. The quantitative estimate of drug-likeness (QED) is 0.565. The van der Waals surface area contributed by atoms with Crippen LogP contribution < -0.4 is 5.56 Å². The fourth-order valence-electron chi connectivity index (χ4n) is 3.19. The van der Waals surface area contributed by atoms with E-state index >= 15 is 0 Å². The molecule has 4 aromatic rings. The summed E-state index contributed by atoms with van der Waals surface area (Å²) in [4.78, 5) is 21.2. The summed E-state index contributed by atoms with van der Waals surface area (Å²) in [5.41, 5.74) is 2.76. The summed E-state index contributed by atoms with van der Waals surface area (Å²) in [5, 5.41) is 21.2. The van der Waals surface area contributed by atoms with Crippen LogP contribution in [0.3, 0.4) is 0 Å². The Kier molecular flexibility index (Phi) is 4.85. The van der Waals surface area contributed by atoms with E-state index in [0.717, 1.165) is 0 Å². The van der Waals surface area contributed by atoms with Crippen LogP contribution in [0.15, 0.2) is 65.6 Å². The van der Waals surface area contributed by atoms with Crippen LogP contribution in [0.1, 0.15) is 22.9 Å². The summed E-state index contributed by atoms with van der Waals surface area (Å²) < 4.78 is 1.44. The molecule has 1 unspecified atom stereocenters. The van der Waals surface area contributed by atoms with Crippen LogP contribution in [0.5, 0.6) is 0 Å². The van der Waals surface area contributed by atoms with Gasteiger partial charge in [0.25, 0.3) is 5.56 Å². The van der Waals surface area contributed by atoms with Crippen molar-refractivity contribution in [1.29, 1.82) is 5.26 Å². The standard InChI is InChI=1S/C22H15ClN4O2/c1-27-20(28)10-17(19-4-2-3-16(11-24)26-19)18-9-14(12-25-22(18)27)21(29)13-5-7-15(23)8-6-13/h2-10,12,21,29H,1H3. The number of halogens is 1. The van der Waals surface area contributed by atoms with E-state index < -0.39 is 6.10 Å². The second-order valence-corrected chi connectivity index (χ2v) is 7.01. The number of rotatable bonds is 3. The van der Waals surface area contributed by atoms with Gasteiger partial charge in [0.15, 0.2) is 0 Å². The van der Waals surface area contributed by atoms with Crippen molar-refractivity contribution in [1.82, 2.24) is 14.5 Å². The second-order valence-electron chi connectivity index (χ2n) is 6.57. The Morgan fingerprint density at radius 3 is 2.62 bits per heavy atom. The predicted molar refractivity (Wildman–Crippen MR) is 110 cm³/mol. The molecule has 3 aromatic heterocycles. The minimum atomic E-state index is -0.910. The van der Waals surface area contributed by atoms with Gasteiger partial charge >= 0.3 is 0 Å². The molecule has 4 rings (SSSR count). The number of fused-ring (bicyclic) bond motifs is 1. The van der Waals surface area contributed by atoms with E-state index in [1.54, 1.807) is 61.8 Å². The molecule has 0 spiro atoms. The highest BCUT2D eigenvalue weighted by atomic mass is 35.5. The van der Waals surface area contributed by atoms with E-state index in [9.17, 15) is 9.90 Å². The Morgan fingerprint density at radius 1 is 1.14 bits per heavy atom. The minimum absolute atomic E-state index is 0.241. The lowest BCUT2D eigenvalue weighted by Gasteiger charge is -2.15. The second kappa shape index (κ2) is 7.47. The highest BCUT2D eigenvalue weighted by Gasteiger charge is 2.16. The first-order valence-corrected chi connectivity index (χ1v) is 9.16. The highest BCUT2D eigenvalue weighted by Crippen LogP contribution is 2.29. The Morgan fingerprint density at radius 2 is 1.90 bits per heavy atom. The van der Waals surface area contributed by atoms with E-state index in [2.05, 4.69) is 9.97 Å². The lowest BCUT2D eigenvalue weighted by atomic mass is 10.00. The van der Waals surface area contributed by atoms with Gasteiger partial charge in [0.1, 0.15) is 23.5 Å². The molecule has 0 bridgehead atoms. The topological polar surface area (TPSA) is 91.8 Å². The number of pyridine rings is 3. The van der Waals surface area contributed by atoms with Gasteiger partial charge in [-0.3, -0.25) is 9.36 Å². The maximum Gasteiger partial charge on any atom is 0.252 e. The smallest absolute Gasteiger partial charge is 0.252 e. The summed E-state index contributed by atoms with van der Waals surface area (Å²) in [7, 11) is 1.63. The number of nitriles is 1. The molecule has 1 N–H and O–H groups in total. The Labute approximate surface area is 171 Å². The van der Waals surface area contributed by atoms with E-state index in [1.165, 1.54) is 10.6 Å². The average molecular weight is 403 g/mol. The molecule has 142 valence electrons. The van der Waals surface area contributed by atoms with Crippen molar-refractivity contribution in [3.8, 4) is 17.3 Å². The SMILES string of the molecule is Cn1c(=O)cc(-c2cccc(C#N)n2)c2cc(C(O)c3ccc(Cl)cc3)cnc21. The number of aliphatic hydroxyl groups excluding tert-OH is 1. The van der Waals surface area contributed by atoms with Crippen molar-refractivity contribution in [2.45, 2.75) is 6.10 Å². The van der Waals surface area contributed by atoms with Gasteiger partial charge < -0.3 is 5.11 Å². The van der Waals surface area contributed by atoms with E-state index in [1.807, 2.05) is 6.07 Å². The zero-order valence-electron chi connectivity index (χ0n) is 15.4. The van der Waals surface area contributed by atoms with Crippen LogP contribution >= 0.6 is 11.6 Å². The summed E-state index contributed by atoms with van der Waals surface area (Å²) in [5.74, 6) is 0. The molecule has 0 saturated heterocycles. The first-order chi connectivity index (χ1) is 14.0. The first-order valence-electron chi connectivity index (χ1n) is 8.78. The Bertz CT molecular complexity index is 1320. The zero-order valence-corrected chi connectivity index (χ0v) is 16.1.